The van der Waals surface area contributed by atoms with E-state index in [1.165, 1.54) is 12.8 Å². The fourth-order valence-electron chi connectivity index (χ4n) is 2.00. The number of hydrogen-bond acceptors (Lipinski definition) is 3. The molecule has 88 valence electrons. The highest BCUT2D eigenvalue weighted by Gasteiger charge is 2.19. The first-order valence-corrected chi connectivity index (χ1v) is 6.36. The van der Waals surface area contributed by atoms with E-state index >= 15 is 0 Å². The monoisotopic (exact) mass is 240 g/mol. The van der Waals surface area contributed by atoms with Crippen LogP contribution in [0.2, 0.25) is 0 Å². The van der Waals surface area contributed by atoms with Gasteiger partial charge in [0.15, 0.2) is 0 Å². The van der Waals surface area contributed by atoms with E-state index < -0.39 is 0 Å². The predicted molar refractivity (Wildman–Crippen MR) is 63.6 cm³/mol. The minimum Gasteiger partial charge on any atom is -0.473 e. The molecule has 0 N–H and O–H groups in total. The summed E-state index contributed by atoms with van der Waals surface area (Å²) in [6.07, 6.45) is 5.06. The van der Waals surface area contributed by atoms with Crippen LogP contribution in [-0.4, -0.2) is 16.3 Å². The number of nitrogens with zero attached hydrogens (tertiary/aromatic N) is 2. The van der Waals surface area contributed by atoms with Crippen LogP contribution in [0.15, 0.2) is 12.1 Å². The molecule has 16 heavy (non-hydrogen) atoms. The van der Waals surface area contributed by atoms with Crippen LogP contribution in [0.3, 0.4) is 0 Å². The van der Waals surface area contributed by atoms with Crippen molar-refractivity contribution >= 4 is 11.6 Å². The van der Waals surface area contributed by atoms with Gasteiger partial charge in [0.1, 0.15) is 6.10 Å². The molecule has 0 spiro atoms. The Balaban J connectivity index is 1.88. The van der Waals surface area contributed by atoms with Gasteiger partial charge in [-0.2, -0.15) is 5.10 Å². The minimum absolute atomic E-state index is 0.312. The summed E-state index contributed by atoms with van der Waals surface area (Å²) in [4.78, 5) is 0. The Bertz CT molecular complexity index is 320. The number of ether oxygens (including phenoxy) is 1. The average Bonchev–Trinajstić information content (AvgIpc) is 2.33. The number of alkyl halides is 1. The third-order valence-corrected chi connectivity index (χ3v) is 3.36. The first-order chi connectivity index (χ1) is 7.78. The van der Waals surface area contributed by atoms with Crippen LogP contribution >= 0.6 is 11.6 Å². The minimum atomic E-state index is 0.312. The largest absolute Gasteiger partial charge is 0.473 e. The average molecular weight is 241 g/mol. The molecule has 1 aliphatic carbocycles. The summed E-state index contributed by atoms with van der Waals surface area (Å²) >= 11 is 5.64. The van der Waals surface area contributed by atoms with Gasteiger partial charge in [-0.1, -0.05) is 6.92 Å². The zero-order valence-electron chi connectivity index (χ0n) is 9.53. The van der Waals surface area contributed by atoms with Gasteiger partial charge < -0.3 is 4.74 Å². The Kier molecular flexibility index (Phi) is 3.99. The SMILES string of the molecule is CC1CCC(Oc2ccc(CCl)nn2)CC1. The Hall–Kier alpha value is -0.830. The maximum atomic E-state index is 5.79. The lowest BCUT2D eigenvalue weighted by Gasteiger charge is -2.26. The fraction of sp³-hybridized carbons (Fsp3) is 0.667. The second-order valence-electron chi connectivity index (χ2n) is 4.50. The van der Waals surface area contributed by atoms with E-state index in [4.69, 9.17) is 16.3 Å². The Morgan fingerprint density at radius 2 is 2.00 bits per heavy atom. The number of hydrogen-bond donors (Lipinski definition) is 0. The number of rotatable bonds is 3. The third kappa shape index (κ3) is 3.08. The van der Waals surface area contributed by atoms with Crippen molar-refractivity contribution < 1.29 is 4.74 Å². The lowest BCUT2D eigenvalue weighted by molar-refractivity contribution is 0.129. The molecule has 1 aromatic heterocycles. The van der Waals surface area contributed by atoms with E-state index in [2.05, 4.69) is 17.1 Å². The van der Waals surface area contributed by atoms with Crippen molar-refractivity contribution in [3.05, 3.63) is 17.8 Å². The lowest BCUT2D eigenvalue weighted by atomic mass is 9.89. The molecule has 1 saturated carbocycles. The van der Waals surface area contributed by atoms with Crippen molar-refractivity contribution in [2.24, 2.45) is 5.92 Å². The van der Waals surface area contributed by atoms with E-state index in [9.17, 15) is 0 Å². The maximum Gasteiger partial charge on any atom is 0.233 e. The van der Waals surface area contributed by atoms with Crippen LogP contribution in [0, 0.1) is 5.92 Å². The summed E-state index contributed by atoms with van der Waals surface area (Å²) in [6.45, 7) is 2.30. The lowest BCUT2D eigenvalue weighted by Crippen LogP contribution is -2.23. The maximum absolute atomic E-state index is 5.79. The third-order valence-electron chi connectivity index (χ3n) is 3.08. The molecule has 0 saturated heterocycles. The van der Waals surface area contributed by atoms with E-state index in [0.717, 1.165) is 24.5 Å². The molecule has 1 aromatic rings. The highest BCUT2D eigenvalue weighted by Crippen LogP contribution is 2.26. The van der Waals surface area contributed by atoms with Gasteiger partial charge in [-0.3, -0.25) is 0 Å². The predicted octanol–water partition coefficient (Wildman–Crippen LogP) is 3.17. The second kappa shape index (κ2) is 5.48. The van der Waals surface area contributed by atoms with Crippen molar-refractivity contribution in [1.82, 2.24) is 10.2 Å². The van der Waals surface area contributed by atoms with Crippen molar-refractivity contribution in [1.29, 1.82) is 0 Å². The van der Waals surface area contributed by atoms with Crippen LogP contribution in [0.4, 0.5) is 0 Å². The van der Waals surface area contributed by atoms with Crippen molar-refractivity contribution in [3.8, 4) is 5.88 Å². The summed E-state index contributed by atoms with van der Waals surface area (Å²) in [5, 5.41) is 7.98. The van der Waals surface area contributed by atoms with E-state index in [0.29, 0.717) is 17.9 Å². The number of halogens is 1. The van der Waals surface area contributed by atoms with E-state index in [1.807, 2.05) is 12.1 Å². The summed E-state index contributed by atoms with van der Waals surface area (Å²) < 4.78 is 5.79. The van der Waals surface area contributed by atoms with Gasteiger partial charge >= 0.3 is 0 Å². The van der Waals surface area contributed by atoms with Crippen LogP contribution in [0.5, 0.6) is 5.88 Å². The quantitative estimate of drug-likeness (QED) is 0.762. The van der Waals surface area contributed by atoms with E-state index in [1.54, 1.807) is 0 Å². The standard InChI is InChI=1S/C12H17ClN2O/c1-9-2-5-11(6-3-9)16-12-7-4-10(8-13)14-15-12/h4,7,9,11H,2-3,5-6,8H2,1H3. The van der Waals surface area contributed by atoms with Crippen molar-refractivity contribution in [3.63, 3.8) is 0 Å². The summed E-state index contributed by atoms with van der Waals surface area (Å²) in [5.41, 5.74) is 0.784. The van der Waals surface area contributed by atoms with Gasteiger partial charge in [-0.05, 0) is 37.7 Å². The zero-order chi connectivity index (χ0) is 11.4. The molecular formula is C12H17ClN2O. The fourth-order valence-corrected chi connectivity index (χ4v) is 2.14. The van der Waals surface area contributed by atoms with Gasteiger partial charge in [0, 0.05) is 6.07 Å². The zero-order valence-corrected chi connectivity index (χ0v) is 10.3. The van der Waals surface area contributed by atoms with Gasteiger partial charge in [0.05, 0.1) is 11.6 Å². The molecule has 1 aliphatic rings. The molecule has 3 nitrogen and oxygen atoms in total. The first-order valence-electron chi connectivity index (χ1n) is 5.83. The Labute approximate surface area is 101 Å². The molecule has 2 rings (SSSR count). The van der Waals surface area contributed by atoms with Crippen LogP contribution in [-0.2, 0) is 5.88 Å². The normalized spacial score (nSPS) is 25.4. The molecular weight excluding hydrogens is 224 g/mol. The molecule has 0 aromatic carbocycles. The highest BCUT2D eigenvalue weighted by atomic mass is 35.5. The topological polar surface area (TPSA) is 35.0 Å². The Morgan fingerprint density at radius 3 is 2.56 bits per heavy atom. The molecule has 0 radical (unpaired) electrons. The van der Waals surface area contributed by atoms with E-state index in [-0.39, 0.29) is 0 Å². The molecule has 0 bridgehead atoms. The summed E-state index contributed by atoms with van der Waals surface area (Å²) in [5.74, 6) is 1.85. The van der Waals surface area contributed by atoms with Gasteiger partial charge in [0.25, 0.3) is 0 Å². The van der Waals surface area contributed by atoms with Gasteiger partial charge in [-0.25, -0.2) is 0 Å². The number of aromatic nitrogens is 2. The Morgan fingerprint density at radius 1 is 1.25 bits per heavy atom. The summed E-state index contributed by atoms with van der Waals surface area (Å²) in [7, 11) is 0. The summed E-state index contributed by atoms with van der Waals surface area (Å²) in [6, 6.07) is 3.71. The molecule has 0 atom stereocenters. The molecule has 4 heteroatoms. The molecule has 0 amide bonds. The molecule has 0 aliphatic heterocycles. The van der Waals surface area contributed by atoms with Gasteiger partial charge in [-0.15, -0.1) is 16.7 Å². The molecule has 0 unspecified atom stereocenters. The van der Waals surface area contributed by atoms with Crippen molar-refractivity contribution in [2.45, 2.75) is 44.6 Å². The van der Waals surface area contributed by atoms with Crippen LogP contribution in [0.25, 0.3) is 0 Å². The first kappa shape index (κ1) is 11.6. The smallest absolute Gasteiger partial charge is 0.233 e. The molecule has 1 heterocycles. The van der Waals surface area contributed by atoms with Crippen LogP contribution < -0.4 is 4.74 Å². The van der Waals surface area contributed by atoms with Crippen molar-refractivity contribution in [2.75, 3.05) is 0 Å². The van der Waals surface area contributed by atoms with Crippen LogP contribution in [0.1, 0.15) is 38.3 Å². The van der Waals surface area contributed by atoms with Gasteiger partial charge in [0.2, 0.25) is 5.88 Å². The second-order valence-corrected chi connectivity index (χ2v) is 4.76. The highest BCUT2D eigenvalue weighted by molar-refractivity contribution is 6.16. The molecule has 1 fully saturated rings.